The average molecular weight is 249 g/mol. The maximum atomic E-state index is 9.67. The standard InChI is InChI=1S/C14H19NO3/c16-10-13(15-4-7-17-8-5-15)11-1-2-14-12(9-11)3-6-18-14/h1-2,9,13,16H,3-8,10H2. The van der Waals surface area contributed by atoms with E-state index in [4.69, 9.17) is 9.47 Å². The van der Waals surface area contributed by atoms with Crippen LogP contribution in [0.2, 0.25) is 0 Å². The zero-order chi connectivity index (χ0) is 12.4. The predicted molar refractivity (Wildman–Crippen MR) is 67.9 cm³/mol. The smallest absolute Gasteiger partial charge is 0.122 e. The van der Waals surface area contributed by atoms with Crippen molar-refractivity contribution >= 4 is 0 Å². The minimum atomic E-state index is 0.0831. The van der Waals surface area contributed by atoms with Gasteiger partial charge < -0.3 is 14.6 Å². The van der Waals surface area contributed by atoms with Crippen LogP contribution in [0, 0.1) is 0 Å². The molecule has 0 bridgehead atoms. The summed E-state index contributed by atoms with van der Waals surface area (Å²) >= 11 is 0. The van der Waals surface area contributed by atoms with Gasteiger partial charge in [0.15, 0.2) is 0 Å². The van der Waals surface area contributed by atoms with Crippen LogP contribution in [0.1, 0.15) is 17.2 Å². The summed E-state index contributed by atoms with van der Waals surface area (Å²) in [5, 5.41) is 9.67. The van der Waals surface area contributed by atoms with Crippen molar-refractivity contribution < 1.29 is 14.6 Å². The quantitative estimate of drug-likeness (QED) is 0.867. The lowest BCUT2D eigenvalue weighted by Gasteiger charge is -2.33. The number of fused-ring (bicyclic) bond motifs is 1. The van der Waals surface area contributed by atoms with E-state index < -0.39 is 0 Å². The Morgan fingerprint density at radius 1 is 1.22 bits per heavy atom. The second kappa shape index (κ2) is 5.26. The molecule has 0 aliphatic carbocycles. The van der Waals surface area contributed by atoms with Crippen molar-refractivity contribution in [2.24, 2.45) is 0 Å². The molecule has 0 radical (unpaired) electrons. The third kappa shape index (κ3) is 2.23. The number of aliphatic hydroxyl groups excluding tert-OH is 1. The van der Waals surface area contributed by atoms with Crippen molar-refractivity contribution in [2.75, 3.05) is 39.5 Å². The summed E-state index contributed by atoms with van der Waals surface area (Å²) < 4.78 is 10.9. The Labute approximate surface area is 107 Å². The van der Waals surface area contributed by atoms with Crippen LogP contribution in [-0.4, -0.2) is 49.5 Å². The average Bonchev–Trinajstić information content (AvgIpc) is 2.88. The monoisotopic (exact) mass is 249 g/mol. The third-order valence-electron chi connectivity index (χ3n) is 3.76. The van der Waals surface area contributed by atoms with Crippen LogP contribution in [0.25, 0.3) is 0 Å². The maximum Gasteiger partial charge on any atom is 0.122 e. The van der Waals surface area contributed by atoms with Crippen molar-refractivity contribution in [3.05, 3.63) is 29.3 Å². The van der Waals surface area contributed by atoms with Crippen molar-refractivity contribution in [1.29, 1.82) is 0 Å². The van der Waals surface area contributed by atoms with E-state index in [9.17, 15) is 5.11 Å². The Bertz CT molecular complexity index is 416. The number of hydrogen-bond acceptors (Lipinski definition) is 4. The lowest BCUT2D eigenvalue weighted by molar-refractivity contribution is 0.00258. The molecule has 0 saturated carbocycles. The summed E-state index contributed by atoms with van der Waals surface area (Å²) in [5.41, 5.74) is 2.45. The lowest BCUT2D eigenvalue weighted by atomic mass is 10.0. The largest absolute Gasteiger partial charge is 0.493 e. The maximum absolute atomic E-state index is 9.67. The van der Waals surface area contributed by atoms with E-state index in [0.29, 0.717) is 0 Å². The molecule has 4 heteroatoms. The first-order valence-electron chi connectivity index (χ1n) is 6.57. The van der Waals surface area contributed by atoms with Gasteiger partial charge >= 0.3 is 0 Å². The molecule has 1 atom stereocenters. The van der Waals surface area contributed by atoms with Gasteiger partial charge in [0.05, 0.1) is 32.5 Å². The Balaban J connectivity index is 1.82. The van der Waals surface area contributed by atoms with E-state index in [1.54, 1.807) is 0 Å². The van der Waals surface area contributed by atoms with Gasteiger partial charge in [-0.25, -0.2) is 0 Å². The zero-order valence-electron chi connectivity index (χ0n) is 10.5. The SMILES string of the molecule is OCC(c1ccc2c(c1)CCO2)N1CCOCC1. The molecule has 4 nitrogen and oxygen atoms in total. The number of benzene rings is 1. The summed E-state index contributed by atoms with van der Waals surface area (Å²) in [5.74, 6) is 0.998. The molecule has 1 unspecified atom stereocenters. The molecule has 1 aromatic rings. The van der Waals surface area contributed by atoms with Gasteiger partial charge in [0, 0.05) is 19.5 Å². The first-order chi connectivity index (χ1) is 8.88. The van der Waals surface area contributed by atoms with Crippen LogP contribution in [0.4, 0.5) is 0 Å². The van der Waals surface area contributed by atoms with E-state index in [2.05, 4.69) is 17.0 Å². The number of aliphatic hydroxyl groups is 1. The molecule has 2 aliphatic heterocycles. The van der Waals surface area contributed by atoms with E-state index in [1.165, 1.54) is 11.1 Å². The van der Waals surface area contributed by atoms with Crippen molar-refractivity contribution in [3.8, 4) is 5.75 Å². The van der Waals surface area contributed by atoms with Crippen LogP contribution >= 0.6 is 0 Å². The summed E-state index contributed by atoms with van der Waals surface area (Å²) in [6.07, 6.45) is 0.977. The van der Waals surface area contributed by atoms with Gasteiger partial charge in [-0.05, 0) is 17.2 Å². The second-order valence-electron chi connectivity index (χ2n) is 4.81. The molecule has 1 aromatic carbocycles. The molecule has 0 spiro atoms. The van der Waals surface area contributed by atoms with Gasteiger partial charge in [-0.3, -0.25) is 4.90 Å². The van der Waals surface area contributed by atoms with Crippen LogP contribution in [0.5, 0.6) is 5.75 Å². The number of rotatable bonds is 3. The Morgan fingerprint density at radius 2 is 2.06 bits per heavy atom. The zero-order valence-corrected chi connectivity index (χ0v) is 10.5. The summed E-state index contributed by atoms with van der Waals surface area (Å²) in [7, 11) is 0. The Morgan fingerprint density at radius 3 is 2.83 bits per heavy atom. The molecular weight excluding hydrogens is 230 g/mol. The minimum absolute atomic E-state index is 0.0831. The highest BCUT2D eigenvalue weighted by Gasteiger charge is 2.23. The molecule has 2 aliphatic rings. The van der Waals surface area contributed by atoms with Gasteiger partial charge in [0.2, 0.25) is 0 Å². The van der Waals surface area contributed by atoms with Gasteiger partial charge in [-0.2, -0.15) is 0 Å². The number of ether oxygens (including phenoxy) is 2. The Kier molecular flexibility index (Phi) is 3.50. The number of nitrogens with zero attached hydrogens (tertiary/aromatic N) is 1. The highest BCUT2D eigenvalue weighted by atomic mass is 16.5. The van der Waals surface area contributed by atoms with Gasteiger partial charge in [-0.15, -0.1) is 0 Å². The Hall–Kier alpha value is -1.10. The van der Waals surface area contributed by atoms with Crippen LogP contribution in [-0.2, 0) is 11.2 Å². The second-order valence-corrected chi connectivity index (χ2v) is 4.81. The molecule has 0 amide bonds. The summed E-state index contributed by atoms with van der Waals surface area (Å²) in [4.78, 5) is 2.29. The topological polar surface area (TPSA) is 41.9 Å². The van der Waals surface area contributed by atoms with E-state index >= 15 is 0 Å². The summed E-state index contributed by atoms with van der Waals surface area (Å²) in [6, 6.07) is 6.36. The predicted octanol–water partition coefficient (Wildman–Crippen LogP) is 0.987. The molecule has 3 rings (SSSR count). The first kappa shape index (κ1) is 12.0. The van der Waals surface area contributed by atoms with Crippen LogP contribution < -0.4 is 4.74 Å². The normalized spacial score (nSPS) is 21.4. The van der Waals surface area contributed by atoms with E-state index in [0.717, 1.165) is 45.1 Å². The van der Waals surface area contributed by atoms with E-state index in [-0.39, 0.29) is 12.6 Å². The molecule has 1 N–H and O–H groups in total. The highest BCUT2D eigenvalue weighted by Crippen LogP contribution is 2.30. The molecule has 1 fully saturated rings. The molecule has 2 heterocycles. The summed E-state index contributed by atoms with van der Waals surface area (Å²) in [6.45, 7) is 4.21. The van der Waals surface area contributed by atoms with Crippen molar-refractivity contribution in [2.45, 2.75) is 12.5 Å². The van der Waals surface area contributed by atoms with Crippen molar-refractivity contribution in [1.82, 2.24) is 4.90 Å². The van der Waals surface area contributed by atoms with Crippen LogP contribution in [0.15, 0.2) is 18.2 Å². The van der Waals surface area contributed by atoms with Crippen LogP contribution in [0.3, 0.4) is 0 Å². The molecular formula is C14H19NO3. The fourth-order valence-corrected chi connectivity index (χ4v) is 2.73. The van der Waals surface area contributed by atoms with Gasteiger partial charge in [0.1, 0.15) is 5.75 Å². The van der Waals surface area contributed by atoms with E-state index in [1.807, 2.05) is 6.07 Å². The first-order valence-corrected chi connectivity index (χ1v) is 6.57. The molecule has 0 aromatic heterocycles. The van der Waals surface area contributed by atoms with Gasteiger partial charge in [0.25, 0.3) is 0 Å². The number of morpholine rings is 1. The number of hydrogen-bond donors (Lipinski definition) is 1. The minimum Gasteiger partial charge on any atom is -0.493 e. The molecule has 1 saturated heterocycles. The molecule has 18 heavy (non-hydrogen) atoms. The third-order valence-corrected chi connectivity index (χ3v) is 3.76. The molecule has 98 valence electrons. The highest BCUT2D eigenvalue weighted by molar-refractivity contribution is 5.40. The fourth-order valence-electron chi connectivity index (χ4n) is 2.73. The van der Waals surface area contributed by atoms with Crippen molar-refractivity contribution in [3.63, 3.8) is 0 Å². The fraction of sp³-hybridized carbons (Fsp3) is 0.571. The lowest BCUT2D eigenvalue weighted by Crippen LogP contribution is -2.40. The van der Waals surface area contributed by atoms with Gasteiger partial charge in [-0.1, -0.05) is 12.1 Å².